The van der Waals surface area contributed by atoms with E-state index in [1.807, 2.05) is 65.7 Å². The van der Waals surface area contributed by atoms with Gasteiger partial charge in [-0.05, 0) is 76.9 Å². The highest BCUT2D eigenvalue weighted by atomic mass is 16.2. The van der Waals surface area contributed by atoms with Crippen molar-refractivity contribution < 1.29 is 4.79 Å². The number of nitrogens with one attached hydrogen (secondary N) is 1. The summed E-state index contributed by atoms with van der Waals surface area (Å²) in [5, 5.41) is 12.6. The van der Waals surface area contributed by atoms with E-state index >= 15 is 0 Å². The van der Waals surface area contributed by atoms with E-state index < -0.39 is 0 Å². The van der Waals surface area contributed by atoms with Gasteiger partial charge >= 0.3 is 0 Å². The van der Waals surface area contributed by atoms with Gasteiger partial charge in [0.2, 0.25) is 5.91 Å². The molecule has 5 heteroatoms. The summed E-state index contributed by atoms with van der Waals surface area (Å²) in [7, 11) is 0. The van der Waals surface area contributed by atoms with Crippen LogP contribution in [0.15, 0.2) is 91.3 Å². The number of rotatable bonds is 7. The molecule has 0 radical (unpaired) electrons. The number of fused-ring (bicyclic) bond motifs is 1. The SMILES string of the molecule is Cc1ccccc1CN1Cc2ccccc2C[C@H](NCc2cnccc2Cc2ccc(C#N)cc2)C1=O. The molecule has 1 aliphatic heterocycles. The zero-order valence-electron chi connectivity index (χ0n) is 21.0. The lowest BCUT2D eigenvalue weighted by Gasteiger charge is -2.26. The molecule has 1 amide bonds. The van der Waals surface area contributed by atoms with Crippen LogP contribution in [0.1, 0.15) is 44.5 Å². The fourth-order valence-electron chi connectivity index (χ4n) is 4.95. The van der Waals surface area contributed by atoms with Gasteiger partial charge in [-0.25, -0.2) is 0 Å². The molecule has 0 fully saturated rings. The Morgan fingerprint density at radius 2 is 1.70 bits per heavy atom. The number of carbonyl (C=O) groups is 1. The molecule has 4 aromatic rings. The van der Waals surface area contributed by atoms with Crippen LogP contribution in [0.4, 0.5) is 0 Å². The van der Waals surface area contributed by atoms with E-state index in [2.05, 4.69) is 47.6 Å². The number of benzene rings is 3. The molecule has 37 heavy (non-hydrogen) atoms. The fraction of sp³-hybridized carbons (Fsp3) is 0.219. The van der Waals surface area contributed by atoms with Gasteiger partial charge in [0.1, 0.15) is 0 Å². The molecule has 0 spiro atoms. The highest BCUT2D eigenvalue weighted by Crippen LogP contribution is 2.23. The van der Waals surface area contributed by atoms with Gasteiger partial charge in [0.05, 0.1) is 17.7 Å². The highest BCUT2D eigenvalue weighted by Gasteiger charge is 2.29. The van der Waals surface area contributed by atoms with E-state index in [-0.39, 0.29) is 11.9 Å². The summed E-state index contributed by atoms with van der Waals surface area (Å²) in [6.45, 7) is 3.85. The van der Waals surface area contributed by atoms with Gasteiger partial charge in [0.15, 0.2) is 0 Å². The minimum absolute atomic E-state index is 0.122. The van der Waals surface area contributed by atoms with Gasteiger partial charge in [-0.2, -0.15) is 5.26 Å². The van der Waals surface area contributed by atoms with Crippen LogP contribution in [0, 0.1) is 18.3 Å². The van der Waals surface area contributed by atoms with Crippen LogP contribution in [0.25, 0.3) is 0 Å². The lowest BCUT2D eigenvalue weighted by molar-refractivity contribution is -0.134. The first-order chi connectivity index (χ1) is 18.1. The molecule has 5 nitrogen and oxygen atoms in total. The molecule has 0 saturated carbocycles. The summed E-state index contributed by atoms with van der Waals surface area (Å²) in [5.74, 6) is 0.122. The second-order valence-electron chi connectivity index (χ2n) is 9.66. The lowest BCUT2D eigenvalue weighted by atomic mass is 9.99. The number of hydrogen-bond acceptors (Lipinski definition) is 4. The Morgan fingerprint density at radius 3 is 2.49 bits per heavy atom. The van der Waals surface area contributed by atoms with Crippen LogP contribution in [0.5, 0.6) is 0 Å². The smallest absolute Gasteiger partial charge is 0.240 e. The monoisotopic (exact) mass is 486 g/mol. The first kappa shape index (κ1) is 24.4. The molecular weight excluding hydrogens is 456 g/mol. The number of amides is 1. The van der Waals surface area contributed by atoms with E-state index in [0.29, 0.717) is 31.6 Å². The number of nitriles is 1. The van der Waals surface area contributed by atoms with E-state index in [4.69, 9.17) is 5.26 Å². The first-order valence-corrected chi connectivity index (χ1v) is 12.6. The fourth-order valence-corrected chi connectivity index (χ4v) is 4.95. The van der Waals surface area contributed by atoms with Crippen molar-refractivity contribution in [3.63, 3.8) is 0 Å². The number of nitrogens with zero attached hydrogens (tertiary/aromatic N) is 3. The normalized spacial score (nSPS) is 15.1. The van der Waals surface area contributed by atoms with E-state index in [1.165, 1.54) is 22.3 Å². The van der Waals surface area contributed by atoms with Gasteiger partial charge in [0.25, 0.3) is 0 Å². The van der Waals surface area contributed by atoms with Crippen molar-refractivity contribution in [2.45, 2.75) is 45.4 Å². The van der Waals surface area contributed by atoms with Crippen molar-refractivity contribution in [2.24, 2.45) is 0 Å². The van der Waals surface area contributed by atoms with Gasteiger partial charge in [-0.1, -0.05) is 60.7 Å². The molecule has 1 aromatic heterocycles. The van der Waals surface area contributed by atoms with Crippen molar-refractivity contribution in [1.29, 1.82) is 5.26 Å². The molecule has 0 saturated heterocycles. The molecule has 1 N–H and O–H groups in total. The summed E-state index contributed by atoms with van der Waals surface area (Å²) >= 11 is 0. The third-order valence-corrected chi connectivity index (χ3v) is 7.16. The summed E-state index contributed by atoms with van der Waals surface area (Å²) in [6.07, 6.45) is 5.09. The Kier molecular flexibility index (Phi) is 7.39. The minimum Gasteiger partial charge on any atom is -0.333 e. The van der Waals surface area contributed by atoms with Crippen LogP contribution in [0.2, 0.25) is 0 Å². The van der Waals surface area contributed by atoms with Crippen LogP contribution in [-0.2, 0) is 37.3 Å². The van der Waals surface area contributed by atoms with Gasteiger partial charge in [-0.3, -0.25) is 9.78 Å². The molecule has 2 heterocycles. The molecule has 1 atom stereocenters. The Balaban J connectivity index is 1.36. The van der Waals surface area contributed by atoms with Crippen molar-refractivity contribution in [3.05, 3.63) is 136 Å². The number of carbonyl (C=O) groups excluding carboxylic acids is 1. The third kappa shape index (κ3) is 5.77. The Bertz CT molecular complexity index is 1440. The maximum absolute atomic E-state index is 13.8. The zero-order valence-corrected chi connectivity index (χ0v) is 21.0. The maximum Gasteiger partial charge on any atom is 0.240 e. The van der Waals surface area contributed by atoms with Crippen molar-refractivity contribution in [2.75, 3.05) is 0 Å². The number of aryl methyl sites for hydroxylation is 1. The van der Waals surface area contributed by atoms with Crippen molar-refractivity contribution >= 4 is 5.91 Å². The van der Waals surface area contributed by atoms with Gasteiger partial charge in [-0.15, -0.1) is 0 Å². The average Bonchev–Trinajstić information content (AvgIpc) is 3.06. The Morgan fingerprint density at radius 1 is 0.946 bits per heavy atom. The predicted octanol–water partition coefficient (Wildman–Crippen LogP) is 5.10. The largest absolute Gasteiger partial charge is 0.333 e. The van der Waals surface area contributed by atoms with E-state index in [1.54, 1.807) is 6.20 Å². The van der Waals surface area contributed by atoms with Crippen molar-refractivity contribution in [3.8, 4) is 6.07 Å². The molecule has 3 aromatic carbocycles. The van der Waals surface area contributed by atoms with Crippen LogP contribution in [0.3, 0.4) is 0 Å². The summed E-state index contributed by atoms with van der Waals surface area (Å²) in [5.41, 5.74) is 8.80. The Labute approximate surface area is 218 Å². The molecule has 0 bridgehead atoms. The number of aromatic nitrogens is 1. The second kappa shape index (κ2) is 11.2. The molecular formula is C32H30N4O. The van der Waals surface area contributed by atoms with Crippen LogP contribution >= 0.6 is 0 Å². The second-order valence-corrected chi connectivity index (χ2v) is 9.66. The van der Waals surface area contributed by atoms with Crippen molar-refractivity contribution in [1.82, 2.24) is 15.2 Å². The standard InChI is InChI=1S/C32H30N4O/c1-23-6-2-3-8-28(23)21-36-22-29-9-5-4-7-26(29)17-31(32(36)37)35-20-30-19-34-15-14-27(30)16-24-10-12-25(18-33)13-11-24/h2-15,19,31,35H,16-17,20-22H2,1H3/t31-/m0/s1. The van der Waals surface area contributed by atoms with Gasteiger partial charge in [0, 0.05) is 32.0 Å². The minimum atomic E-state index is -0.323. The molecule has 184 valence electrons. The topological polar surface area (TPSA) is 69.0 Å². The van der Waals surface area contributed by atoms with E-state index in [9.17, 15) is 4.79 Å². The van der Waals surface area contributed by atoms with Crippen LogP contribution < -0.4 is 5.32 Å². The van der Waals surface area contributed by atoms with Gasteiger partial charge < -0.3 is 10.2 Å². The summed E-state index contributed by atoms with van der Waals surface area (Å²) < 4.78 is 0. The average molecular weight is 487 g/mol. The summed E-state index contributed by atoms with van der Waals surface area (Å²) in [4.78, 5) is 20.1. The molecule has 5 rings (SSSR count). The van der Waals surface area contributed by atoms with E-state index in [0.717, 1.165) is 23.1 Å². The first-order valence-electron chi connectivity index (χ1n) is 12.6. The number of pyridine rings is 1. The number of hydrogen-bond donors (Lipinski definition) is 1. The molecule has 1 aliphatic rings. The molecule has 0 aliphatic carbocycles. The lowest BCUT2D eigenvalue weighted by Crippen LogP contribution is -2.45. The van der Waals surface area contributed by atoms with Crippen LogP contribution in [-0.4, -0.2) is 21.8 Å². The summed E-state index contributed by atoms with van der Waals surface area (Å²) in [6, 6.07) is 28.2. The third-order valence-electron chi connectivity index (χ3n) is 7.16. The predicted molar refractivity (Wildman–Crippen MR) is 144 cm³/mol. The Hall–Kier alpha value is -4.27. The quantitative estimate of drug-likeness (QED) is 0.395. The highest BCUT2D eigenvalue weighted by molar-refractivity contribution is 5.83. The maximum atomic E-state index is 13.8. The zero-order chi connectivity index (χ0) is 25.6. The molecule has 0 unspecified atom stereocenters.